The van der Waals surface area contributed by atoms with Crippen molar-refractivity contribution in [3.8, 4) is 5.75 Å². The SMILES string of the molecule is O=C(O)C(F)(F)F.O=C(c1ccncn1)N1CC2(CC(Oc3cccnc3)CS2)C1. The van der Waals surface area contributed by atoms with Crippen LogP contribution in [0.4, 0.5) is 13.2 Å². The van der Waals surface area contributed by atoms with E-state index in [-0.39, 0.29) is 16.8 Å². The number of aromatic nitrogens is 3. The highest BCUT2D eigenvalue weighted by Gasteiger charge is 2.51. The fourth-order valence-corrected chi connectivity index (χ4v) is 4.60. The van der Waals surface area contributed by atoms with Crippen LogP contribution in [0.5, 0.6) is 5.75 Å². The van der Waals surface area contributed by atoms with E-state index in [4.69, 9.17) is 14.6 Å². The van der Waals surface area contributed by atoms with Crippen LogP contribution in [-0.4, -0.2) is 72.7 Å². The molecular formula is C18H17F3N4O4S. The number of halogens is 3. The molecular weight excluding hydrogens is 425 g/mol. The number of carbonyl (C=O) groups is 2. The number of pyridine rings is 1. The van der Waals surface area contributed by atoms with Gasteiger partial charge in [-0.3, -0.25) is 9.78 Å². The predicted octanol–water partition coefficient (Wildman–Crippen LogP) is 2.28. The second kappa shape index (κ2) is 8.86. The molecule has 12 heteroatoms. The highest BCUT2D eigenvalue weighted by atomic mass is 32.2. The Hall–Kier alpha value is -2.89. The van der Waals surface area contributed by atoms with Crippen LogP contribution in [0.2, 0.25) is 0 Å². The number of carboxylic acid groups (broad SMARTS) is 1. The van der Waals surface area contributed by atoms with Crippen molar-refractivity contribution in [2.24, 2.45) is 0 Å². The van der Waals surface area contributed by atoms with Crippen molar-refractivity contribution in [3.63, 3.8) is 0 Å². The average Bonchev–Trinajstić information content (AvgIpc) is 3.12. The quantitative estimate of drug-likeness (QED) is 0.772. The molecule has 0 bridgehead atoms. The van der Waals surface area contributed by atoms with Gasteiger partial charge in [0.1, 0.15) is 23.9 Å². The van der Waals surface area contributed by atoms with Gasteiger partial charge in [-0.2, -0.15) is 13.2 Å². The standard InChI is InChI=1S/C16H16N4O2S.C2HF3O2/c21-15(14-3-5-18-11-19-14)20-9-16(10-20)6-13(8-23-16)22-12-2-1-4-17-7-12;3-2(4,5)1(6)7/h1-5,7,11,13H,6,8-10H2;(H,6,7). The van der Waals surface area contributed by atoms with Gasteiger partial charge >= 0.3 is 12.1 Å². The number of amides is 1. The summed E-state index contributed by atoms with van der Waals surface area (Å²) in [6.45, 7) is 1.51. The lowest BCUT2D eigenvalue weighted by molar-refractivity contribution is -0.192. The fourth-order valence-electron chi connectivity index (χ4n) is 3.08. The minimum atomic E-state index is -5.08. The van der Waals surface area contributed by atoms with Crippen molar-refractivity contribution in [3.05, 3.63) is 48.8 Å². The van der Waals surface area contributed by atoms with Crippen LogP contribution in [0.25, 0.3) is 0 Å². The number of carbonyl (C=O) groups excluding carboxylic acids is 1. The number of hydrogen-bond donors (Lipinski definition) is 1. The van der Waals surface area contributed by atoms with Crippen molar-refractivity contribution in [1.29, 1.82) is 0 Å². The molecule has 30 heavy (non-hydrogen) atoms. The van der Waals surface area contributed by atoms with Gasteiger partial charge in [-0.15, -0.1) is 11.8 Å². The molecule has 160 valence electrons. The smallest absolute Gasteiger partial charge is 0.488 e. The second-order valence-electron chi connectivity index (χ2n) is 6.69. The predicted molar refractivity (Wildman–Crippen MR) is 100 cm³/mol. The number of thioether (sulfide) groups is 1. The van der Waals surface area contributed by atoms with E-state index >= 15 is 0 Å². The van der Waals surface area contributed by atoms with E-state index in [1.165, 1.54) is 6.33 Å². The molecule has 1 amide bonds. The molecule has 4 rings (SSSR count). The van der Waals surface area contributed by atoms with Crippen LogP contribution in [0.3, 0.4) is 0 Å². The van der Waals surface area contributed by atoms with Crippen LogP contribution < -0.4 is 4.74 Å². The first-order chi connectivity index (χ1) is 14.2. The van der Waals surface area contributed by atoms with Crippen LogP contribution in [0.1, 0.15) is 16.9 Å². The Morgan fingerprint density at radius 1 is 1.23 bits per heavy atom. The van der Waals surface area contributed by atoms with Gasteiger partial charge in [0.2, 0.25) is 0 Å². The number of rotatable bonds is 3. The lowest BCUT2D eigenvalue weighted by Gasteiger charge is -2.47. The monoisotopic (exact) mass is 442 g/mol. The van der Waals surface area contributed by atoms with Crippen LogP contribution in [0, 0.1) is 0 Å². The van der Waals surface area contributed by atoms with E-state index in [2.05, 4.69) is 15.0 Å². The number of hydrogen-bond acceptors (Lipinski definition) is 7. The summed E-state index contributed by atoms with van der Waals surface area (Å²) in [7, 11) is 0. The summed E-state index contributed by atoms with van der Waals surface area (Å²) in [5.41, 5.74) is 0.459. The number of aliphatic carboxylic acids is 1. The summed E-state index contributed by atoms with van der Waals surface area (Å²) >= 11 is 1.90. The molecule has 2 aliphatic heterocycles. The molecule has 1 atom stereocenters. The molecule has 1 unspecified atom stereocenters. The molecule has 2 aromatic rings. The Kier molecular flexibility index (Phi) is 6.44. The highest BCUT2D eigenvalue weighted by Crippen LogP contribution is 2.46. The van der Waals surface area contributed by atoms with E-state index in [0.717, 1.165) is 31.0 Å². The molecule has 2 aliphatic rings. The zero-order valence-electron chi connectivity index (χ0n) is 15.5. The Labute approximate surface area is 173 Å². The van der Waals surface area contributed by atoms with Crippen molar-refractivity contribution >= 4 is 23.6 Å². The Morgan fingerprint density at radius 2 is 1.97 bits per heavy atom. The van der Waals surface area contributed by atoms with Crippen LogP contribution in [-0.2, 0) is 4.79 Å². The molecule has 0 saturated carbocycles. The van der Waals surface area contributed by atoms with E-state index in [0.29, 0.717) is 5.69 Å². The highest BCUT2D eigenvalue weighted by molar-refractivity contribution is 8.01. The van der Waals surface area contributed by atoms with Crippen molar-refractivity contribution in [1.82, 2.24) is 19.9 Å². The first kappa shape index (κ1) is 21.8. The van der Waals surface area contributed by atoms with Gasteiger partial charge < -0.3 is 14.7 Å². The summed E-state index contributed by atoms with van der Waals surface area (Å²) in [5.74, 6) is -1.02. The van der Waals surface area contributed by atoms with Crippen molar-refractivity contribution < 1.29 is 32.6 Å². The van der Waals surface area contributed by atoms with Gasteiger partial charge in [0.25, 0.3) is 5.91 Å². The summed E-state index contributed by atoms with van der Waals surface area (Å²) < 4.78 is 37.9. The number of likely N-dealkylation sites (tertiary alicyclic amines) is 1. The number of carboxylic acids is 1. The summed E-state index contributed by atoms with van der Waals surface area (Å²) in [6.07, 6.45) is 2.53. The van der Waals surface area contributed by atoms with E-state index in [9.17, 15) is 18.0 Å². The maximum Gasteiger partial charge on any atom is 0.490 e. The average molecular weight is 442 g/mol. The van der Waals surface area contributed by atoms with Crippen molar-refractivity contribution in [2.45, 2.75) is 23.4 Å². The number of alkyl halides is 3. The largest absolute Gasteiger partial charge is 0.490 e. The summed E-state index contributed by atoms with van der Waals surface area (Å²) in [5, 5.41) is 7.12. The first-order valence-electron chi connectivity index (χ1n) is 8.75. The summed E-state index contributed by atoms with van der Waals surface area (Å²) in [6, 6.07) is 5.45. The van der Waals surface area contributed by atoms with Gasteiger partial charge in [0, 0.05) is 37.7 Å². The lowest BCUT2D eigenvalue weighted by Crippen LogP contribution is -2.61. The molecule has 2 aromatic heterocycles. The molecule has 4 heterocycles. The molecule has 1 N–H and O–H groups in total. The van der Waals surface area contributed by atoms with Gasteiger partial charge in [-0.25, -0.2) is 14.8 Å². The Balaban J connectivity index is 0.000000318. The van der Waals surface area contributed by atoms with E-state index in [1.807, 2.05) is 28.8 Å². The molecule has 0 aliphatic carbocycles. The van der Waals surface area contributed by atoms with Crippen molar-refractivity contribution in [2.75, 3.05) is 18.8 Å². The van der Waals surface area contributed by atoms with Gasteiger partial charge in [0.05, 0.1) is 10.9 Å². The number of nitrogens with zero attached hydrogens (tertiary/aromatic N) is 4. The first-order valence-corrected chi connectivity index (χ1v) is 9.73. The minimum Gasteiger partial charge on any atom is -0.488 e. The maximum atomic E-state index is 12.3. The van der Waals surface area contributed by atoms with E-state index in [1.54, 1.807) is 24.7 Å². The molecule has 2 fully saturated rings. The number of ether oxygens (including phenoxy) is 1. The minimum absolute atomic E-state index is 0.0183. The van der Waals surface area contributed by atoms with Gasteiger partial charge in [-0.05, 0) is 18.2 Å². The third-order valence-corrected chi connectivity index (χ3v) is 5.98. The molecule has 0 aromatic carbocycles. The third kappa shape index (κ3) is 5.38. The topological polar surface area (TPSA) is 106 Å². The molecule has 8 nitrogen and oxygen atoms in total. The van der Waals surface area contributed by atoms with Crippen LogP contribution >= 0.6 is 11.8 Å². The zero-order valence-corrected chi connectivity index (χ0v) is 16.3. The Bertz CT molecular complexity index is 880. The molecule has 2 saturated heterocycles. The lowest BCUT2D eigenvalue weighted by atomic mass is 9.92. The second-order valence-corrected chi connectivity index (χ2v) is 8.17. The Morgan fingerprint density at radius 3 is 2.53 bits per heavy atom. The molecule has 1 spiro atoms. The normalized spacial score (nSPS) is 19.4. The summed E-state index contributed by atoms with van der Waals surface area (Å²) in [4.78, 5) is 35.0. The van der Waals surface area contributed by atoms with Gasteiger partial charge in [-0.1, -0.05) is 0 Å². The third-order valence-electron chi connectivity index (χ3n) is 4.40. The van der Waals surface area contributed by atoms with E-state index < -0.39 is 12.1 Å². The maximum absolute atomic E-state index is 12.3. The molecule has 0 radical (unpaired) electrons. The zero-order chi connectivity index (χ0) is 21.8. The fraction of sp³-hybridized carbons (Fsp3) is 0.389. The van der Waals surface area contributed by atoms with Crippen LogP contribution in [0.15, 0.2) is 43.1 Å². The van der Waals surface area contributed by atoms with Gasteiger partial charge in [0.15, 0.2) is 0 Å².